The number of oxime groups is 1. The monoisotopic (exact) mass is 245 g/mol. The molecule has 1 amide bonds. The number of amides is 1. The minimum atomic E-state index is -0.687. The van der Waals surface area contributed by atoms with Crippen LogP contribution in [-0.4, -0.2) is 51.4 Å². The van der Waals surface area contributed by atoms with Crippen molar-refractivity contribution in [3.8, 4) is 0 Å². The van der Waals surface area contributed by atoms with Crippen LogP contribution in [0, 0.1) is 0 Å². The van der Waals surface area contributed by atoms with Crippen LogP contribution in [0.5, 0.6) is 0 Å². The summed E-state index contributed by atoms with van der Waals surface area (Å²) in [6.07, 6.45) is -1.02. The first-order valence-electron chi connectivity index (χ1n) is 5.39. The molecule has 17 heavy (non-hydrogen) atoms. The molecule has 1 aliphatic rings. The summed E-state index contributed by atoms with van der Waals surface area (Å²) in [6, 6.07) is -0.621. The molecule has 1 heterocycles. The van der Waals surface area contributed by atoms with Crippen LogP contribution < -0.4 is 5.73 Å². The minimum absolute atomic E-state index is 0.104. The van der Waals surface area contributed by atoms with Gasteiger partial charge in [-0.2, -0.15) is 0 Å². The van der Waals surface area contributed by atoms with Crippen LogP contribution in [0.4, 0.5) is 4.79 Å². The molecule has 1 fully saturated rings. The summed E-state index contributed by atoms with van der Waals surface area (Å²) in [6.45, 7) is 5.36. The second kappa shape index (κ2) is 4.79. The Hall–Kier alpha value is -1.50. The number of aliphatic hydroxyl groups excluding tert-OH is 1. The van der Waals surface area contributed by atoms with Gasteiger partial charge in [-0.15, -0.1) is 0 Å². The van der Waals surface area contributed by atoms with Crippen LogP contribution in [0.25, 0.3) is 0 Å². The van der Waals surface area contributed by atoms with Crippen molar-refractivity contribution in [3.63, 3.8) is 0 Å². The standard InChI is InChI=1S/C10H19N3O4/c1-10(2,3)17-9(15)13-5-6(14)4-7(13)8(11)12-16/h6-7,14,16H,4-5H2,1-3H3,(H2,11,12)/t6-,7+/m1/s1. The molecule has 0 aromatic rings. The molecule has 0 saturated carbocycles. The topological polar surface area (TPSA) is 108 Å². The fourth-order valence-corrected chi connectivity index (χ4v) is 1.68. The number of nitrogens with two attached hydrogens (primary N) is 1. The number of rotatable bonds is 1. The van der Waals surface area contributed by atoms with E-state index in [2.05, 4.69) is 5.16 Å². The van der Waals surface area contributed by atoms with Crippen LogP contribution in [0.15, 0.2) is 5.16 Å². The molecule has 0 unspecified atom stereocenters. The van der Waals surface area contributed by atoms with Gasteiger partial charge in [0.05, 0.1) is 18.7 Å². The van der Waals surface area contributed by atoms with E-state index in [9.17, 15) is 9.90 Å². The summed E-state index contributed by atoms with van der Waals surface area (Å²) in [5.74, 6) is -0.104. The molecule has 0 radical (unpaired) electrons. The lowest BCUT2D eigenvalue weighted by Crippen LogP contribution is -2.46. The van der Waals surface area contributed by atoms with Crippen molar-refractivity contribution in [2.75, 3.05) is 6.54 Å². The van der Waals surface area contributed by atoms with Gasteiger partial charge in [0, 0.05) is 6.42 Å². The number of carbonyl (C=O) groups excluding carboxylic acids is 1. The van der Waals surface area contributed by atoms with Crippen LogP contribution >= 0.6 is 0 Å². The van der Waals surface area contributed by atoms with Crippen molar-refractivity contribution >= 4 is 11.9 Å². The van der Waals surface area contributed by atoms with Gasteiger partial charge in [-0.05, 0) is 20.8 Å². The second-order valence-corrected chi connectivity index (χ2v) is 5.06. The molecular formula is C10H19N3O4. The molecule has 98 valence electrons. The molecular weight excluding hydrogens is 226 g/mol. The third-order valence-corrected chi connectivity index (χ3v) is 2.36. The first-order chi connectivity index (χ1) is 7.74. The summed E-state index contributed by atoms with van der Waals surface area (Å²) in [5.41, 5.74) is 4.85. The number of carbonyl (C=O) groups is 1. The second-order valence-electron chi connectivity index (χ2n) is 5.06. The highest BCUT2D eigenvalue weighted by Gasteiger charge is 2.39. The lowest BCUT2D eigenvalue weighted by Gasteiger charge is -2.27. The fraction of sp³-hybridized carbons (Fsp3) is 0.800. The fourth-order valence-electron chi connectivity index (χ4n) is 1.68. The normalized spacial score (nSPS) is 26.1. The predicted octanol–water partition coefficient (Wildman–Crippen LogP) is 0.103. The molecule has 4 N–H and O–H groups in total. The number of aliphatic hydroxyl groups is 1. The van der Waals surface area contributed by atoms with E-state index >= 15 is 0 Å². The molecule has 1 aliphatic heterocycles. The first kappa shape index (κ1) is 13.6. The van der Waals surface area contributed by atoms with Crippen molar-refractivity contribution in [1.82, 2.24) is 4.90 Å². The average molecular weight is 245 g/mol. The number of hydrogen-bond donors (Lipinski definition) is 3. The van der Waals surface area contributed by atoms with E-state index < -0.39 is 23.8 Å². The quantitative estimate of drug-likeness (QED) is 0.263. The zero-order valence-electron chi connectivity index (χ0n) is 10.3. The number of ether oxygens (including phenoxy) is 1. The third-order valence-electron chi connectivity index (χ3n) is 2.36. The predicted molar refractivity (Wildman–Crippen MR) is 60.8 cm³/mol. The van der Waals surface area contributed by atoms with Crippen LogP contribution in [0.3, 0.4) is 0 Å². The Morgan fingerprint density at radius 2 is 2.12 bits per heavy atom. The summed E-state index contributed by atoms with van der Waals surface area (Å²) in [5, 5.41) is 21.0. The zero-order valence-corrected chi connectivity index (χ0v) is 10.3. The van der Waals surface area contributed by atoms with E-state index in [4.69, 9.17) is 15.7 Å². The van der Waals surface area contributed by atoms with Crippen LogP contribution in [0.1, 0.15) is 27.2 Å². The molecule has 2 atom stereocenters. The minimum Gasteiger partial charge on any atom is -0.444 e. The summed E-state index contributed by atoms with van der Waals surface area (Å²) in [7, 11) is 0. The lowest BCUT2D eigenvalue weighted by atomic mass is 10.2. The highest BCUT2D eigenvalue weighted by molar-refractivity contribution is 5.89. The Balaban J connectivity index is 2.77. The number of nitrogens with zero attached hydrogens (tertiary/aromatic N) is 2. The van der Waals surface area contributed by atoms with Gasteiger partial charge in [-0.1, -0.05) is 5.16 Å². The molecule has 0 aromatic heterocycles. The van der Waals surface area contributed by atoms with E-state index in [-0.39, 0.29) is 18.8 Å². The number of amidine groups is 1. The van der Waals surface area contributed by atoms with Crippen molar-refractivity contribution in [2.45, 2.75) is 44.9 Å². The first-order valence-corrected chi connectivity index (χ1v) is 5.39. The third kappa shape index (κ3) is 3.48. The van der Waals surface area contributed by atoms with Gasteiger partial charge >= 0.3 is 6.09 Å². The average Bonchev–Trinajstić information content (AvgIpc) is 2.56. The van der Waals surface area contributed by atoms with Gasteiger partial charge < -0.3 is 20.8 Å². The Morgan fingerprint density at radius 1 is 1.53 bits per heavy atom. The highest BCUT2D eigenvalue weighted by atomic mass is 16.6. The van der Waals surface area contributed by atoms with Crippen molar-refractivity contribution < 1.29 is 19.8 Å². The smallest absolute Gasteiger partial charge is 0.411 e. The Morgan fingerprint density at radius 3 is 2.59 bits per heavy atom. The van der Waals surface area contributed by atoms with E-state index in [0.29, 0.717) is 0 Å². The number of likely N-dealkylation sites (tertiary alicyclic amines) is 1. The molecule has 7 heteroatoms. The van der Waals surface area contributed by atoms with Gasteiger partial charge in [0.1, 0.15) is 5.60 Å². The molecule has 0 spiro atoms. The largest absolute Gasteiger partial charge is 0.444 e. The summed E-state index contributed by atoms with van der Waals surface area (Å²) < 4.78 is 5.18. The van der Waals surface area contributed by atoms with Gasteiger partial charge in [0.2, 0.25) is 0 Å². The van der Waals surface area contributed by atoms with Gasteiger partial charge in [0.25, 0.3) is 0 Å². The van der Waals surface area contributed by atoms with Crippen molar-refractivity contribution in [1.29, 1.82) is 0 Å². The Kier molecular flexibility index (Phi) is 3.82. The molecule has 0 aliphatic carbocycles. The van der Waals surface area contributed by atoms with Crippen molar-refractivity contribution in [2.24, 2.45) is 10.9 Å². The summed E-state index contributed by atoms with van der Waals surface area (Å²) >= 11 is 0. The van der Waals surface area contributed by atoms with E-state index in [1.165, 1.54) is 4.90 Å². The lowest BCUT2D eigenvalue weighted by molar-refractivity contribution is 0.0242. The maximum absolute atomic E-state index is 11.8. The Labute approximate surface area is 99.8 Å². The molecule has 0 bridgehead atoms. The maximum atomic E-state index is 11.8. The van der Waals surface area contributed by atoms with E-state index in [1.54, 1.807) is 20.8 Å². The number of β-amino-alcohol motifs (C(OH)–C–C–N with tert-alkyl or cyclic N) is 1. The maximum Gasteiger partial charge on any atom is 0.411 e. The van der Waals surface area contributed by atoms with E-state index in [1.807, 2.05) is 0 Å². The number of hydrogen-bond acceptors (Lipinski definition) is 5. The van der Waals surface area contributed by atoms with Crippen LogP contribution in [-0.2, 0) is 4.74 Å². The molecule has 1 saturated heterocycles. The zero-order chi connectivity index (χ0) is 13.2. The molecule has 1 rings (SSSR count). The van der Waals surface area contributed by atoms with Gasteiger partial charge in [0.15, 0.2) is 5.84 Å². The Bertz CT molecular complexity index is 324. The molecule has 7 nitrogen and oxygen atoms in total. The van der Waals surface area contributed by atoms with Gasteiger partial charge in [-0.25, -0.2) is 4.79 Å². The summed E-state index contributed by atoms with van der Waals surface area (Å²) in [4.78, 5) is 13.1. The van der Waals surface area contributed by atoms with Crippen LogP contribution in [0.2, 0.25) is 0 Å². The van der Waals surface area contributed by atoms with Crippen molar-refractivity contribution in [3.05, 3.63) is 0 Å². The van der Waals surface area contributed by atoms with E-state index in [0.717, 1.165) is 0 Å². The molecule has 0 aromatic carbocycles. The highest BCUT2D eigenvalue weighted by Crippen LogP contribution is 2.21. The van der Waals surface area contributed by atoms with Gasteiger partial charge in [-0.3, -0.25) is 4.90 Å². The SMILES string of the molecule is CC(C)(C)OC(=O)N1C[C@H](O)C[C@H]1/C(N)=N/O.